The molecule has 3 heterocycles. The van der Waals surface area contributed by atoms with Crippen molar-refractivity contribution in [3.8, 4) is 11.6 Å². The lowest BCUT2D eigenvalue weighted by Gasteiger charge is -2.18. The lowest BCUT2D eigenvalue weighted by molar-refractivity contribution is 0.571. The number of nitrogens with one attached hydrogen (secondary N) is 3. The van der Waals surface area contributed by atoms with Crippen molar-refractivity contribution < 1.29 is 4.42 Å². The molecular formula is C18H24N8O. The van der Waals surface area contributed by atoms with E-state index in [-0.39, 0.29) is 5.92 Å². The van der Waals surface area contributed by atoms with Gasteiger partial charge in [0, 0.05) is 25.5 Å². The van der Waals surface area contributed by atoms with Crippen LogP contribution in [0.4, 0.5) is 11.5 Å². The van der Waals surface area contributed by atoms with Crippen molar-refractivity contribution in [3.63, 3.8) is 0 Å². The van der Waals surface area contributed by atoms with E-state index in [1.807, 2.05) is 33.9 Å². The second kappa shape index (κ2) is 7.56. The minimum atomic E-state index is 0.0438. The standard InChI is InChI=1S/C18H24N8O/c1-10(2)16(19)15-12(21-7-14-22-9-26(5)25-14)6-13(24-17(15)20-4)18-23-11(3)8-27-18/h6,8-10,19H,7H2,1-5H3,(H2,20,21,24). The quantitative estimate of drug-likeness (QED) is 0.549. The fourth-order valence-corrected chi connectivity index (χ4v) is 2.65. The molecule has 0 unspecified atom stereocenters. The van der Waals surface area contributed by atoms with Gasteiger partial charge in [0.1, 0.15) is 24.1 Å². The van der Waals surface area contributed by atoms with Gasteiger partial charge < -0.3 is 20.5 Å². The number of aromatic nitrogens is 5. The summed E-state index contributed by atoms with van der Waals surface area (Å²) in [4.78, 5) is 13.2. The van der Waals surface area contributed by atoms with Gasteiger partial charge in [-0.3, -0.25) is 4.68 Å². The van der Waals surface area contributed by atoms with Gasteiger partial charge in [-0.25, -0.2) is 15.0 Å². The number of nitrogens with zero attached hydrogens (tertiary/aromatic N) is 5. The van der Waals surface area contributed by atoms with E-state index in [0.29, 0.717) is 35.5 Å². The lowest BCUT2D eigenvalue weighted by atomic mass is 9.98. The van der Waals surface area contributed by atoms with E-state index >= 15 is 0 Å². The summed E-state index contributed by atoms with van der Waals surface area (Å²) in [5, 5.41) is 19.3. The minimum absolute atomic E-state index is 0.0438. The van der Waals surface area contributed by atoms with Crippen LogP contribution in [0, 0.1) is 18.3 Å². The molecule has 9 nitrogen and oxygen atoms in total. The van der Waals surface area contributed by atoms with Crippen molar-refractivity contribution in [2.24, 2.45) is 13.0 Å². The first kappa shape index (κ1) is 18.6. The minimum Gasteiger partial charge on any atom is -0.443 e. The van der Waals surface area contributed by atoms with Crippen molar-refractivity contribution in [2.45, 2.75) is 27.3 Å². The summed E-state index contributed by atoms with van der Waals surface area (Å²) in [6, 6.07) is 1.85. The second-order valence-corrected chi connectivity index (χ2v) is 6.58. The predicted octanol–water partition coefficient (Wildman–Crippen LogP) is 2.85. The predicted molar refractivity (Wildman–Crippen MR) is 104 cm³/mol. The Kier molecular flexibility index (Phi) is 5.20. The van der Waals surface area contributed by atoms with Crippen molar-refractivity contribution in [1.29, 1.82) is 5.41 Å². The Morgan fingerprint density at radius 1 is 1.33 bits per heavy atom. The van der Waals surface area contributed by atoms with E-state index in [2.05, 4.69) is 30.7 Å². The molecule has 3 aromatic heterocycles. The number of aryl methyl sites for hydroxylation is 2. The zero-order valence-electron chi connectivity index (χ0n) is 16.2. The molecule has 0 aromatic carbocycles. The van der Waals surface area contributed by atoms with E-state index in [4.69, 9.17) is 9.83 Å². The molecule has 9 heteroatoms. The van der Waals surface area contributed by atoms with Crippen LogP contribution in [0.5, 0.6) is 0 Å². The highest BCUT2D eigenvalue weighted by Gasteiger charge is 2.20. The molecule has 0 aliphatic heterocycles. The normalized spacial score (nSPS) is 11.0. The van der Waals surface area contributed by atoms with Gasteiger partial charge in [0.25, 0.3) is 0 Å². The molecule has 27 heavy (non-hydrogen) atoms. The van der Waals surface area contributed by atoms with Gasteiger partial charge in [0.05, 0.1) is 17.8 Å². The fraction of sp³-hybridized carbons (Fsp3) is 0.389. The SMILES string of the molecule is CNc1nc(-c2nc(C)co2)cc(NCc2ncn(C)n2)c1C(=N)C(C)C. The van der Waals surface area contributed by atoms with Crippen molar-refractivity contribution in [1.82, 2.24) is 24.7 Å². The third kappa shape index (κ3) is 3.97. The number of pyridine rings is 1. The Hall–Kier alpha value is -3.23. The average molecular weight is 368 g/mol. The summed E-state index contributed by atoms with van der Waals surface area (Å²) in [6.45, 7) is 6.26. The Labute approximate surface area is 157 Å². The number of rotatable bonds is 7. The summed E-state index contributed by atoms with van der Waals surface area (Å²) in [6.07, 6.45) is 3.24. The maximum Gasteiger partial charge on any atom is 0.245 e. The molecule has 3 aromatic rings. The highest BCUT2D eigenvalue weighted by atomic mass is 16.3. The van der Waals surface area contributed by atoms with Gasteiger partial charge in [-0.05, 0) is 18.9 Å². The summed E-state index contributed by atoms with van der Waals surface area (Å²) < 4.78 is 7.16. The monoisotopic (exact) mass is 368 g/mol. The molecule has 0 spiro atoms. The summed E-state index contributed by atoms with van der Waals surface area (Å²) in [5.74, 6) is 1.74. The maximum atomic E-state index is 8.54. The highest BCUT2D eigenvalue weighted by Crippen LogP contribution is 2.31. The Balaban J connectivity index is 2.05. The molecule has 0 bridgehead atoms. The van der Waals surface area contributed by atoms with Crippen LogP contribution >= 0.6 is 0 Å². The van der Waals surface area contributed by atoms with Crippen LogP contribution in [-0.4, -0.2) is 37.5 Å². The molecule has 3 N–H and O–H groups in total. The van der Waals surface area contributed by atoms with E-state index < -0.39 is 0 Å². The van der Waals surface area contributed by atoms with Crippen LogP contribution in [-0.2, 0) is 13.6 Å². The largest absolute Gasteiger partial charge is 0.443 e. The van der Waals surface area contributed by atoms with Crippen LogP contribution in [0.25, 0.3) is 11.6 Å². The molecule has 3 rings (SSSR count). The van der Waals surface area contributed by atoms with Gasteiger partial charge in [0.2, 0.25) is 5.89 Å². The van der Waals surface area contributed by atoms with Crippen LogP contribution in [0.2, 0.25) is 0 Å². The van der Waals surface area contributed by atoms with Crippen molar-refractivity contribution in [3.05, 3.63) is 35.7 Å². The van der Waals surface area contributed by atoms with Gasteiger partial charge in [0.15, 0.2) is 5.82 Å². The van der Waals surface area contributed by atoms with Crippen LogP contribution in [0.15, 0.2) is 23.1 Å². The van der Waals surface area contributed by atoms with Crippen LogP contribution < -0.4 is 10.6 Å². The van der Waals surface area contributed by atoms with Gasteiger partial charge in [-0.1, -0.05) is 13.8 Å². The molecule has 0 fully saturated rings. The summed E-state index contributed by atoms with van der Waals surface area (Å²) in [7, 11) is 3.61. The molecule has 0 aliphatic carbocycles. The van der Waals surface area contributed by atoms with E-state index in [0.717, 1.165) is 16.9 Å². The second-order valence-electron chi connectivity index (χ2n) is 6.58. The molecular weight excluding hydrogens is 344 g/mol. The van der Waals surface area contributed by atoms with Crippen LogP contribution in [0.3, 0.4) is 0 Å². The Bertz CT molecular complexity index is 956. The third-order valence-electron chi connectivity index (χ3n) is 4.03. The molecule has 0 amide bonds. The van der Waals surface area contributed by atoms with Gasteiger partial charge in [-0.15, -0.1) is 0 Å². The molecule has 142 valence electrons. The molecule has 0 saturated carbocycles. The number of anilines is 2. The Morgan fingerprint density at radius 2 is 2.11 bits per heavy atom. The first-order chi connectivity index (χ1) is 12.9. The topological polar surface area (TPSA) is 118 Å². The Morgan fingerprint density at radius 3 is 2.67 bits per heavy atom. The first-order valence-corrected chi connectivity index (χ1v) is 8.71. The van der Waals surface area contributed by atoms with E-state index in [1.165, 1.54) is 0 Å². The molecule has 0 saturated heterocycles. The van der Waals surface area contributed by atoms with Crippen LogP contribution in [0.1, 0.15) is 30.9 Å². The third-order valence-corrected chi connectivity index (χ3v) is 4.03. The maximum absolute atomic E-state index is 8.54. The molecule has 0 aliphatic rings. The number of hydrogen-bond donors (Lipinski definition) is 3. The zero-order valence-corrected chi connectivity index (χ0v) is 16.2. The summed E-state index contributed by atoms with van der Waals surface area (Å²) in [5.41, 5.74) is 3.33. The highest BCUT2D eigenvalue weighted by molar-refractivity contribution is 6.08. The smallest absolute Gasteiger partial charge is 0.245 e. The number of hydrogen-bond acceptors (Lipinski definition) is 8. The lowest BCUT2D eigenvalue weighted by Crippen LogP contribution is -2.16. The van der Waals surface area contributed by atoms with E-state index in [1.54, 1.807) is 24.3 Å². The zero-order chi connectivity index (χ0) is 19.6. The molecule has 0 radical (unpaired) electrons. The van der Waals surface area contributed by atoms with Gasteiger partial charge >= 0.3 is 0 Å². The van der Waals surface area contributed by atoms with E-state index in [9.17, 15) is 0 Å². The van der Waals surface area contributed by atoms with Crippen molar-refractivity contribution in [2.75, 3.05) is 17.7 Å². The average Bonchev–Trinajstić information content (AvgIpc) is 3.26. The number of oxazole rings is 1. The van der Waals surface area contributed by atoms with Gasteiger partial charge in [-0.2, -0.15) is 5.10 Å². The fourth-order valence-electron chi connectivity index (χ4n) is 2.65. The molecule has 0 atom stereocenters. The first-order valence-electron chi connectivity index (χ1n) is 8.71. The summed E-state index contributed by atoms with van der Waals surface area (Å²) >= 11 is 0. The van der Waals surface area contributed by atoms with Crippen molar-refractivity contribution >= 4 is 17.2 Å².